The number of hydrogen-bond donors (Lipinski definition) is 2. The van der Waals surface area contributed by atoms with Crippen LogP contribution >= 0.6 is 0 Å². The van der Waals surface area contributed by atoms with Crippen LogP contribution in [-0.4, -0.2) is 23.3 Å². The van der Waals surface area contributed by atoms with Gasteiger partial charge < -0.3 is 10.4 Å². The van der Waals surface area contributed by atoms with E-state index in [4.69, 9.17) is 0 Å². The third-order valence-electron chi connectivity index (χ3n) is 2.71. The van der Waals surface area contributed by atoms with Crippen LogP contribution in [0, 0.1) is 0 Å². The van der Waals surface area contributed by atoms with Gasteiger partial charge in [-0.1, -0.05) is 33.1 Å². The summed E-state index contributed by atoms with van der Waals surface area (Å²) in [5.74, 6) is 0. The van der Waals surface area contributed by atoms with Crippen molar-refractivity contribution in [3.05, 3.63) is 0 Å². The maximum absolute atomic E-state index is 9.60. The molecular formula is C13H29NO. The molecule has 0 fully saturated rings. The Bertz CT molecular complexity index is 140. The molecule has 0 spiro atoms. The molecule has 1 unspecified atom stereocenters. The van der Waals surface area contributed by atoms with Crippen molar-refractivity contribution >= 4 is 0 Å². The van der Waals surface area contributed by atoms with E-state index in [0.29, 0.717) is 6.04 Å². The van der Waals surface area contributed by atoms with Gasteiger partial charge in [-0.3, -0.25) is 0 Å². The van der Waals surface area contributed by atoms with E-state index in [1.165, 1.54) is 32.1 Å². The molecular weight excluding hydrogens is 186 g/mol. The fourth-order valence-corrected chi connectivity index (χ4v) is 1.73. The lowest BCUT2D eigenvalue weighted by Crippen LogP contribution is -2.34. The molecule has 2 heteroatoms. The molecule has 0 amide bonds. The molecule has 0 aromatic carbocycles. The SMILES string of the molecule is CCCCC(CCC)NCCC(C)(C)O. The van der Waals surface area contributed by atoms with Crippen molar-refractivity contribution in [2.75, 3.05) is 6.54 Å². The van der Waals surface area contributed by atoms with E-state index in [-0.39, 0.29) is 0 Å². The highest BCUT2D eigenvalue weighted by molar-refractivity contribution is 4.71. The van der Waals surface area contributed by atoms with Crippen molar-refractivity contribution in [2.45, 2.75) is 77.9 Å². The van der Waals surface area contributed by atoms with E-state index < -0.39 is 5.60 Å². The molecule has 0 radical (unpaired) electrons. The van der Waals surface area contributed by atoms with Crippen molar-refractivity contribution in [1.29, 1.82) is 0 Å². The highest BCUT2D eigenvalue weighted by atomic mass is 16.3. The topological polar surface area (TPSA) is 32.3 Å². The van der Waals surface area contributed by atoms with E-state index in [1.807, 2.05) is 13.8 Å². The van der Waals surface area contributed by atoms with Gasteiger partial charge in [-0.15, -0.1) is 0 Å². The van der Waals surface area contributed by atoms with Gasteiger partial charge in [0.05, 0.1) is 5.60 Å². The van der Waals surface area contributed by atoms with Gasteiger partial charge in [0.1, 0.15) is 0 Å². The van der Waals surface area contributed by atoms with Crippen LogP contribution in [0.2, 0.25) is 0 Å². The molecule has 0 aromatic rings. The predicted molar refractivity (Wildman–Crippen MR) is 67.1 cm³/mol. The van der Waals surface area contributed by atoms with Gasteiger partial charge in [0.2, 0.25) is 0 Å². The Morgan fingerprint density at radius 3 is 2.27 bits per heavy atom. The summed E-state index contributed by atoms with van der Waals surface area (Å²) in [4.78, 5) is 0. The fraction of sp³-hybridized carbons (Fsp3) is 1.00. The Balaban J connectivity index is 3.65. The zero-order valence-corrected chi connectivity index (χ0v) is 11.0. The van der Waals surface area contributed by atoms with Crippen molar-refractivity contribution in [2.24, 2.45) is 0 Å². The fourth-order valence-electron chi connectivity index (χ4n) is 1.73. The summed E-state index contributed by atoms with van der Waals surface area (Å²) in [6.45, 7) is 9.14. The molecule has 15 heavy (non-hydrogen) atoms. The summed E-state index contributed by atoms with van der Waals surface area (Å²) in [6.07, 6.45) is 7.18. The smallest absolute Gasteiger partial charge is 0.0603 e. The Hall–Kier alpha value is -0.0800. The Labute approximate surface area is 95.5 Å². The largest absolute Gasteiger partial charge is 0.390 e. The molecule has 0 rings (SSSR count). The first-order valence-electron chi connectivity index (χ1n) is 6.45. The highest BCUT2D eigenvalue weighted by Gasteiger charge is 2.13. The van der Waals surface area contributed by atoms with Crippen molar-refractivity contribution < 1.29 is 5.11 Å². The normalized spacial score (nSPS) is 14.2. The van der Waals surface area contributed by atoms with Gasteiger partial charge in [0, 0.05) is 6.04 Å². The average Bonchev–Trinajstić information content (AvgIpc) is 2.12. The maximum atomic E-state index is 9.60. The Kier molecular flexibility index (Phi) is 8.07. The maximum Gasteiger partial charge on any atom is 0.0603 e. The average molecular weight is 215 g/mol. The van der Waals surface area contributed by atoms with Gasteiger partial charge >= 0.3 is 0 Å². The first kappa shape index (κ1) is 14.9. The third-order valence-corrected chi connectivity index (χ3v) is 2.71. The van der Waals surface area contributed by atoms with Gasteiger partial charge in [-0.25, -0.2) is 0 Å². The standard InChI is InChI=1S/C13H29NO/c1-5-7-9-12(8-6-2)14-11-10-13(3,4)15/h12,14-15H,5-11H2,1-4H3. The minimum absolute atomic E-state index is 0.533. The number of nitrogens with one attached hydrogen (secondary N) is 1. The molecule has 0 aromatic heterocycles. The summed E-state index contributed by atoms with van der Waals surface area (Å²) in [5.41, 5.74) is -0.533. The molecule has 92 valence electrons. The highest BCUT2D eigenvalue weighted by Crippen LogP contribution is 2.09. The second-order valence-electron chi connectivity index (χ2n) is 5.14. The summed E-state index contributed by atoms with van der Waals surface area (Å²) in [6, 6.07) is 0.650. The van der Waals surface area contributed by atoms with Crippen LogP contribution in [0.1, 0.15) is 66.2 Å². The summed E-state index contributed by atoms with van der Waals surface area (Å²) < 4.78 is 0. The van der Waals surface area contributed by atoms with Crippen LogP contribution in [0.4, 0.5) is 0 Å². The number of hydrogen-bond acceptors (Lipinski definition) is 2. The van der Waals surface area contributed by atoms with Crippen LogP contribution < -0.4 is 5.32 Å². The van der Waals surface area contributed by atoms with E-state index in [2.05, 4.69) is 19.2 Å². The van der Waals surface area contributed by atoms with Crippen LogP contribution in [0.25, 0.3) is 0 Å². The first-order chi connectivity index (χ1) is 6.99. The Morgan fingerprint density at radius 1 is 1.13 bits per heavy atom. The quantitative estimate of drug-likeness (QED) is 0.619. The lowest BCUT2D eigenvalue weighted by molar-refractivity contribution is 0.0701. The van der Waals surface area contributed by atoms with Crippen LogP contribution in [0.15, 0.2) is 0 Å². The van der Waals surface area contributed by atoms with Crippen molar-refractivity contribution in [3.63, 3.8) is 0 Å². The van der Waals surface area contributed by atoms with Gasteiger partial charge in [0.25, 0.3) is 0 Å². The van der Waals surface area contributed by atoms with E-state index in [1.54, 1.807) is 0 Å². The first-order valence-corrected chi connectivity index (χ1v) is 6.45. The molecule has 0 aliphatic heterocycles. The molecule has 2 nitrogen and oxygen atoms in total. The molecule has 0 saturated carbocycles. The summed E-state index contributed by atoms with van der Waals surface area (Å²) in [5, 5.41) is 13.1. The lowest BCUT2D eigenvalue weighted by Gasteiger charge is -2.21. The van der Waals surface area contributed by atoms with E-state index >= 15 is 0 Å². The molecule has 2 N–H and O–H groups in total. The second-order valence-corrected chi connectivity index (χ2v) is 5.14. The van der Waals surface area contributed by atoms with E-state index in [9.17, 15) is 5.11 Å². The third kappa shape index (κ3) is 10.2. The number of unbranched alkanes of at least 4 members (excludes halogenated alkanes) is 1. The molecule has 0 heterocycles. The number of aliphatic hydroxyl groups is 1. The van der Waals surface area contributed by atoms with Crippen LogP contribution in [-0.2, 0) is 0 Å². The van der Waals surface area contributed by atoms with Crippen molar-refractivity contribution in [1.82, 2.24) is 5.32 Å². The minimum Gasteiger partial charge on any atom is -0.390 e. The number of rotatable bonds is 9. The second kappa shape index (κ2) is 8.12. The molecule has 0 aliphatic carbocycles. The zero-order chi connectivity index (χ0) is 11.7. The van der Waals surface area contributed by atoms with E-state index in [0.717, 1.165) is 13.0 Å². The zero-order valence-electron chi connectivity index (χ0n) is 11.0. The van der Waals surface area contributed by atoms with Crippen LogP contribution in [0.5, 0.6) is 0 Å². The molecule has 0 saturated heterocycles. The van der Waals surface area contributed by atoms with Gasteiger partial charge in [-0.2, -0.15) is 0 Å². The van der Waals surface area contributed by atoms with Crippen LogP contribution in [0.3, 0.4) is 0 Å². The minimum atomic E-state index is -0.533. The summed E-state index contributed by atoms with van der Waals surface area (Å²) >= 11 is 0. The van der Waals surface area contributed by atoms with Crippen molar-refractivity contribution in [3.8, 4) is 0 Å². The molecule has 0 aliphatic rings. The predicted octanol–water partition coefficient (Wildman–Crippen LogP) is 3.10. The molecule has 0 bridgehead atoms. The molecule has 1 atom stereocenters. The van der Waals surface area contributed by atoms with Gasteiger partial charge in [-0.05, 0) is 39.7 Å². The Morgan fingerprint density at radius 2 is 1.80 bits per heavy atom. The lowest BCUT2D eigenvalue weighted by atomic mass is 10.0. The summed E-state index contributed by atoms with van der Waals surface area (Å²) in [7, 11) is 0. The van der Waals surface area contributed by atoms with Gasteiger partial charge in [0.15, 0.2) is 0 Å². The monoisotopic (exact) mass is 215 g/mol.